The van der Waals surface area contributed by atoms with Gasteiger partial charge in [-0.15, -0.1) is 11.3 Å². The minimum atomic E-state index is -0.0764. The summed E-state index contributed by atoms with van der Waals surface area (Å²) in [4.78, 5) is 17.3. The first-order chi connectivity index (χ1) is 11.6. The predicted molar refractivity (Wildman–Crippen MR) is 101 cm³/mol. The molecule has 0 fully saturated rings. The van der Waals surface area contributed by atoms with Crippen LogP contribution < -0.4 is 5.56 Å². The Balaban J connectivity index is 2.13. The summed E-state index contributed by atoms with van der Waals surface area (Å²) >= 11 is 4.88. The molecular weight excluding hydrogens is 386 g/mol. The van der Waals surface area contributed by atoms with Crippen LogP contribution in [0.2, 0.25) is 0 Å². The average Bonchev–Trinajstić information content (AvgIpc) is 3.18. The van der Waals surface area contributed by atoms with Crippen molar-refractivity contribution >= 4 is 48.4 Å². The van der Waals surface area contributed by atoms with E-state index in [9.17, 15) is 10.1 Å². The first-order valence-corrected chi connectivity index (χ1v) is 9.09. The van der Waals surface area contributed by atoms with Gasteiger partial charge in [0, 0.05) is 28.6 Å². The maximum atomic E-state index is 12.8. The maximum absolute atomic E-state index is 12.8. The number of H-pyrrole nitrogens is 1. The molecule has 3 heterocycles. The van der Waals surface area contributed by atoms with Crippen LogP contribution in [0.3, 0.4) is 0 Å². The van der Waals surface area contributed by atoms with E-state index in [4.69, 9.17) is 0 Å². The number of thiophene rings is 1. The van der Waals surface area contributed by atoms with Crippen LogP contribution in [0.5, 0.6) is 0 Å². The fourth-order valence-electron chi connectivity index (χ4n) is 3.00. The van der Waals surface area contributed by atoms with Crippen molar-refractivity contribution < 1.29 is 0 Å². The molecule has 0 unspecified atom stereocenters. The predicted octanol–water partition coefficient (Wildman–Crippen LogP) is 4.73. The molecule has 0 spiro atoms. The summed E-state index contributed by atoms with van der Waals surface area (Å²) in [6, 6.07) is 11.7. The number of halogens is 1. The van der Waals surface area contributed by atoms with E-state index in [0.29, 0.717) is 4.88 Å². The quantitative estimate of drug-likeness (QED) is 0.531. The molecule has 3 aromatic heterocycles. The van der Waals surface area contributed by atoms with Crippen LogP contribution in [-0.4, -0.2) is 9.55 Å². The molecule has 4 aromatic rings. The monoisotopic (exact) mass is 397 g/mol. The van der Waals surface area contributed by atoms with Gasteiger partial charge in [-0.2, -0.15) is 5.26 Å². The molecule has 0 amide bonds. The third-order valence-corrected chi connectivity index (χ3v) is 6.29. The fraction of sp³-hybridized carbons (Fsp3) is 0.111. The second-order valence-electron chi connectivity index (χ2n) is 5.48. The molecule has 0 atom stereocenters. The summed E-state index contributed by atoms with van der Waals surface area (Å²) in [5.74, 6) is 0. The second-order valence-corrected chi connectivity index (χ2v) is 7.28. The van der Waals surface area contributed by atoms with E-state index in [0.717, 1.165) is 43.3 Å². The normalized spacial score (nSPS) is 11.2. The van der Waals surface area contributed by atoms with Crippen LogP contribution in [0, 0.1) is 11.3 Å². The topological polar surface area (TPSA) is 61.6 Å². The fourth-order valence-corrected chi connectivity index (χ4v) is 4.95. The summed E-state index contributed by atoms with van der Waals surface area (Å²) in [6.07, 6.45) is 2.62. The van der Waals surface area contributed by atoms with Crippen molar-refractivity contribution in [3.05, 3.63) is 61.8 Å². The second kappa shape index (κ2) is 5.62. The molecule has 0 radical (unpaired) electrons. The SMILES string of the molecule is CCc1cc(=O)n(-c2ccc3[nH]ccc3c2)c2sc(C#N)c(Br)c12. The summed E-state index contributed by atoms with van der Waals surface area (Å²) in [5.41, 5.74) is 2.71. The van der Waals surface area contributed by atoms with Gasteiger partial charge in [-0.3, -0.25) is 9.36 Å². The highest BCUT2D eigenvalue weighted by Gasteiger charge is 2.18. The number of fused-ring (bicyclic) bond motifs is 2. The summed E-state index contributed by atoms with van der Waals surface area (Å²) in [7, 11) is 0. The van der Waals surface area contributed by atoms with Gasteiger partial charge in [0.2, 0.25) is 0 Å². The molecule has 1 N–H and O–H groups in total. The Hall–Kier alpha value is -2.36. The van der Waals surface area contributed by atoms with E-state index in [1.807, 2.05) is 37.4 Å². The third kappa shape index (κ3) is 2.13. The highest BCUT2D eigenvalue weighted by Crippen LogP contribution is 2.37. The number of aromatic amines is 1. The number of pyridine rings is 1. The molecule has 0 aliphatic heterocycles. The molecule has 0 bridgehead atoms. The lowest BCUT2D eigenvalue weighted by Crippen LogP contribution is -2.18. The van der Waals surface area contributed by atoms with Crippen LogP contribution in [-0.2, 0) is 6.42 Å². The van der Waals surface area contributed by atoms with Crippen molar-refractivity contribution in [1.82, 2.24) is 9.55 Å². The number of nitrogens with one attached hydrogen (secondary N) is 1. The first-order valence-electron chi connectivity index (χ1n) is 7.48. The summed E-state index contributed by atoms with van der Waals surface area (Å²) < 4.78 is 2.47. The van der Waals surface area contributed by atoms with Gasteiger partial charge in [0.05, 0.1) is 10.2 Å². The molecule has 118 valence electrons. The lowest BCUT2D eigenvalue weighted by molar-refractivity contribution is 1.03. The Kier molecular flexibility index (Phi) is 3.56. The number of hydrogen-bond donors (Lipinski definition) is 1. The van der Waals surface area contributed by atoms with Crippen molar-refractivity contribution in [2.45, 2.75) is 13.3 Å². The number of nitrogens with zero attached hydrogens (tertiary/aromatic N) is 2. The minimum Gasteiger partial charge on any atom is -0.361 e. The number of benzene rings is 1. The molecule has 4 nitrogen and oxygen atoms in total. The maximum Gasteiger partial charge on any atom is 0.256 e. The number of rotatable bonds is 2. The van der Waals surface area contributed by atoms with Gasteiger partial charge in [0.1, 0.15) is 15.8 Å². The van der Waals surface area contributed by atoms with Crippen LogP contribution in [0.1, 0.15) is 17.4 Å². The van der Waals surface area contributed by atoms with E-state index in [1.54, 1.807) is 10.6 Å². The van der Waals surface area contributed by atoms with E-state index in [1.165, 1.54) is 11.3 Å². The largest absolute Gasteiger partial charge is 0.361 e. The van der Waals surface area contributed by atoms with Gasteiger partial charge in [0.15, 0.2) is 0 Å². The molecule has 1 aromatic carbocycles. The van der Waals surface area contributed by atoms with Crippen LogP contribution in [0.15, 0.2) is 45.8 Å². The zero-order valence-corrected chi connectivity index (χ0v) is 15.2. The highest BCUT2D eigenvalue weighted by molar-refractivity contribution is 9.10. The van der Waals surface area contributed by atoms with E-state index in [2.05, 4.69) is 27.0 Å². The van der Waals surface area contributed by atoms with E-state index >= 15 is 0 Å². The zero-order chi connectivity index (χ0) is 16.8. The molecule has 0 saturated carbocycles. The average molecular weight is 398 g/mol. The Morgan fingerprint density at radius 3 is 2.92 bits per heavy atom. The smallest absolute Gasteiger partial charge is 0.256 e. The van der Waals surface area contributed by atoms with Crippen molar-refractivity contribution in [2.24, 2.45) is 0 Å². The van der Waals surface area contributed by atoms with Crippen molar-refractivity contribution in [3.63, 3.8) is 0 Å². The van der Waals surface area contributed by atoms with Crippen LogP contribution >= 0.6 is 27.3 Å². The Morgan fingerprint density at radius 2 is 2.17 bits per heavy atom. The molecule has 24 heavy (non-hydrogen) atoms. The van der Waals surface area contributed by atoms with Gasteiger partial charge in [0.25, 0.3) is 5.56 Å². The van der Waals surface area contributed by atoms with Gasteiger partial charge < -0.3 is 4.98 Å². The lowest BCUT2D eigenvalue weighted by Gasteiger charge is -2.10. The number of aromatic nitrogens is 2. The Labute approximate surface area is 150 Å². The lowest BCUT2D eigenvalue weighted by atomic mass is 10.1. The minimum absolute atomic E-state index is 0.0764. The van der Waals surface area contributed by atoms with Gasteiger partial charge >= 0.3 is 0 Å². The first kappa shape index (κ1) is 15.2. The van der Waals surface area contributed by atoms with Gasteiger partial charge in [-0.05, 0) is 52.2 Å². The third-order valence-electron chi connectivity index (χ3n) is 4.15. The van der Waals surface area contributed by atoms with Crippen LogP contribution in [0.4, 0.5) is 0 Å². The Bertz CT molecular complexity index is 1190. The highest BCUT2D eigenvalue weighted by atomic mass is 79.9. The van der Waals surface area contributed by atoms with Crippen molar-refractivity contribution in [1.29, 1.82) is 5.26 Å². The molecule has 0 aliphatic carbocycles. The zero-order valence-electron chi connectivity index (χ0n) is 12.8. The molecular formula is C18H12BrN3OS. The molecule has 0 saturated heterocycles. The van der Waals surface area contributed by atoms with Gasteiger partial charge in [-0.25, -0.2) is 0 Å². The van der Waals surface area contributed by atoms with Gasteiger partial charge in [-0.1, -0.05) is 6.92 Å². The number of hydrogen-bond acceptors (Lipinski definition) is 3. The van der Waals surface area contributed by atoms with Crippen molar-refractivity contribution in [3.8, 4) is 11.8 Å². The van der Waals surface area contributed by atoms with Crippen molar-refractivity contribution in [2.75, 3.05) is 0 Å². The summed E-state index contributed by atoms with van der Waals surface area (Å²) in [5, 5.41) is 11.4. The van der Waals surface area contributed by atoms with E-state index < -0.39 is 0 Å². The van der Waals surface area contributed by atoms with E-state index in [-0.39, 0.29) is 5.56 Å². The number of aryl methyl sites for hydroxylation is 1. The number of nitriles is 1. The van der Waals surface area contributed by atoms with Crippen LogP contribution in [0.25, 0.3) is 26.8 Å². The summed E-state index contributed by atoms with van der Waals surface area (Å²) in [6.45, 7) is 2.01. The Morgan fingerprint density at radius 1 is 1.33 bits per heavy atom. The standard InChI is InChI=1S/C18H12BrN3OS/c1-2-10-8-15(23)22(18-16(10)17(19)14(9-20)24-18)12-3-4-13-11(7-12)5-6-21-13/h3-8,21H,2H2,1H3. The molecule has 0 aliphatic rings. The molecule has 4 rings (SSSR count). The molecule has 6 heteroatoms.